The van der Waals surface area contributed by atoms with Crippen LogP contribution >= 0.6 is 23.2 Å². The number of benzene rings is 2. The minimum absolute atomic E-state index is 0.0229. The van der Waals surface area contributed by atoms with Gasteiger partial charge in [-0.25, -0.2) is 4.39 Å². The molecule has 0 radical (unpaired) electrons. The molecule has 2 N–H and O–H groups in total. The number of rotatable bonds is 4. The lowest BCUT2D eigenvalue weighted by molar-refractivity contribution is 0.460. The van der Waals surface area contributed by atoms with Crippen molar-refractivity contribution in [1.82, 2.24) is 5.32 Å². The Morgan fingerprint density at radius 2 is 1.90 bits per heavy atom. The summed E-state index contributed by atoms with van der Waals surface area (Å²) in [6, 6.07) is 9.49. The van der Waals surface area contributed by atoms with Crippen LogP contribution in [0, 0.1) is 5.82 Å². The summed E-state index contributed by atoms with van der Waals surface area (Å²) in [5, 5.41) is 13.3. The Kier molecular flexibility index (Phi) is 4.86. The summed E-state index contributed by atoms with van der Waals surface area (Å²) in [6.45, 7) is 2.27. The Morgan fingerprint density at radius 1 is 1.20 bits per heavy atom. The molecule has 0 spiro atoms. The molecule has 1 atom stereocenters. The van der Waals surface area contributed by atoms with Crippen molar-refractivity contribution < 1.29 is 9.50 Å². The molecule has 20 heavy (non-hydrogen) atoms. The number of hydrogen-bond donors (Lipinski definition) is 2. The standard InChI is InChI=1S/C15H14Cl2FNO/c1-9(14-11(16)6-7-12(18)15(14)17)19-8-10-4-2-3-5-13(10)20/h2-7,9,19-20H,8H2,1H3. The van der Waals surface area contributed by atoms with E-state index in [-0.39, 0.29) is 16.8 Å². The van der Waals surface area contributed by atoms with E-state index in [1.807, 2.05) is 19.1 Å². The minimum Gasteiger partial charge on any atom is -0.508 e. The molecule has 0 aliphatic carbocycles. The van der Waals surface area contributed by atoms with Crippen molar-refractivity contribution in [2.24, 2.45) is 0 Å². The van der Waals surface area contributed by atoms with Gasteiger partial charge >= 0.3 is 0 Å². The largest absolute Gasteiger partial charge is 0.508 e. The molecule has 5 heteroatoms. The van der Waals surface area contributed by atoms with Gasteiger partial charge in [0.1, 0.15) is 11.6 Å². The first kappa shape index (κ1) is 15.1. The molecular formula is C15H14Cl2FNO. The SMILES string of the molecule is CC(NCc1ccccc1O)c1c(Cl)ccc(F)c1Cl. The van der Waals surface area contributed by atoms with E-state index in [1.165, 1.54) is 12.1 Å². The van der Waals surface area contributed by atoms with Crippen molar-refractivity contribution in [3.05, 3.63) is 63.4 Å². The van der Waals surface area contributed by atoms with Gasteiger partial charge in [0.25, 0.3) is 0 Å². The monoisotopic (exact) mass is 313 g/mol. The number of phenolic OH excluding ortho intramolecular Hbond substituents is 1. The third-order valence-electron chi connectivity index (χ3n) is 3.10. The molecule has 2 aromatic carbocycles. The van der Waals surface area contributed by atoms with Gasteiger partial charge in [-0.3, -0.25) is 0 Å². The molecule has 0 saturated carbocycles. The first-order valence-electron chi connectivity index (χ1n) is 6.14. The molecule has 0 aliphatic heterocycles. The number of nitrogens with one attached hydrogen (secondary N) is 1. The molecule has 0 bridgehead atoms. The summed E-state index contributed by atoms with van der Waals surface area (Å²) in [7, 11) is 0. The molecule has 0 aliphatic rings. The molecule has 0 saturated heterocycles. The van der Waals surface area contributed by atoms with Crippen LogP contribution in [0.25, 0.3) is 0 Å². The van der Waals surface area contributed by atoms with Crippen LogP contribution in [0.4, 0.5) is 4.39 Å². The van der Waals surface area contributed by atoms with Crippen LogP contribution < -0.4 is 5.32 Å². The summed E-state index contributed by atoms with van der Waals surface area (Å²) >= 11 is 12.0. The van der Waals surface area contributed by atoms with E-state index in [1.54, 1.807) is 12.1 Å². The minimum atomic E-state index is -0.498. The second-order valence-corrected chi connectivity index (χ2v) is 5.27. The third kappa shape index (κ3) is 3.23. The van der Waals surface area contributed by atoms with Crippen molar-refractivity contribution >= 4 is 23.2 Å². The molecule has 1 unspecified atom stereocenters. The molecule has 2 aromatic rings. The summed E-state index contributed by atoms with van der Waals surface area (Å²) in [5.74, 6) is -0.286. The molecule has 2 rings (SSSR count). The maximum Gasteiger partial charge on any atom is 0.142 e. The Morgan fingerprint density at radius 3 is 2.60 bits per heavy atom. The fraction of sp³-hybridized carbons (Fsp3) is 0.200. The van der Waals surface area contributed by atoms with E-state index in [0.717, 1.165) is 5.56 Å². The highest BCUT2D eigenvalue weighted by Gasteiger charge is 2.17. The predicted octanol–water partition coefficient (Wildman–Crippen LogP) is 4.69. The Bertz CT molecular complexity index is 619. The second kappa shape index (κ2) is 6.44. The van der Waals surface area contributed by atoms with Crippen molar-refractivity contribution in [2.75, 3.05) is 0 Å². The van der Waals surface area contributed by atoms with Gasteiger partial charge < -0.3 is 10.4 Å². The van der Waals surface area contributed by atoms with Gasteiger partial charge in [-0.1, -0.05) is 41.4 Å². The predicted molar refractivity (Wildman–Crippen MR) is 79.8 cm³/mol. The van der Waals surface area contributed by atoms with Gasteiger partial charge in [0, 0.05) is 28.7 Å². The van der Waals surface area contributed by atoms with Gasteiger partial charge in [0.05, 0.1) is 5.02 Å². The molecule has 106 valence electrons. The van der Waals surface area contributed by atoms with E-state index in [2.05, 4.69) is 5.32 Å². The Hall–Kier alpha value is -1.29. The van der Waals surface area contributed by atoms with E-state index >= 15 is 0 Å². The fourth-order valence-corrected chi connectivity index (χ4v) is 2.66. The first-order chi connectivity index (χ1) is 9.50. The van der Waals surface area contributed by atoms with Crippen LogP contribution in [-0.2, 0) is 6.54 Å². The number of halogens is 3. The van der Waals surface area contributed by atoms with Crippen LogP contribution in [0.15, 0.2) is 36.4 Å². The zero-order chi connectivity index (χ0) is 14.7. The van der Waals surface area contributed by atoms with Gasteiger partial charge in [-0.05, 0) is 25.1 Å². The quantitative estimate of drug-likeness (QED) is 0.803. The van der Waals surface area contributed by atoms with Crippen LogP contribution in [0.1, 0.15) is 24.1 Å². The van der Waals surface area contributed by atoms with Crippen LogP contribution in [0.5, 0.6) is 5.75 Å². The molecule has 2 nitrogen and oxygen atoms in total. The molecule has 0 fully saturated rings. The number of hydrogen-bond acceptors (Lipinski definition) is 2. The van der Waals surface area contributed by atoms with Gasteiger partial charge in [0.15, 0.2) is 0 Å². The molecule has 0 heterocycles. The highest BCUT2D eigenvalue weighted by atomic mass is 35.5. The van der Waals surface area contributed by atoms with Gasteiger partial charge in [-0.15, -0.1) is 0 Å². The van der Waals surface area contributed by atoms with Gasteiger partial charge in [0.2, 0.25) is 0 Å². The smallest absolute Gasteiger partial charge is 0.142 e. The van der Waals surface area contributed by atoms with Crippen LogP contribution in [0.2, 0.25) is 10.0 Å². The zero-order valence-corrected chi connectivity index (χ0v) is 12.3. The fourth-order valence-electron chi connectivity index (χ4n) is 1.97. The van der Waals surface area contributed by atoms with Crippen molar-refractivity contribution in [1.29, 1.82) is 0 Å². The Labute approximate surface area is 127 Å². The van der Waals surface area contributed by atoms with Crippen molar-refractivity contribution in [3.63, 3.8) is 0 Å². The summed E-state index contributed by atoms with van der Waals surface area (Å²) in [4.78, 5) is 0. The van der Waals surface area contributed by atoms with E-state index in [9.17, 15) is 9.50 Å². The summed E-state index contributed by atoms with van der Waals surface area (Å²) < 4.78 is 13.5. The average molecular weight is 314 g/mol. The Balaban J connectivity index is 2.15. The molecule has 0 amide bonds. The van der Waals surface area contributed by atoms with Crippen LogP contribution in [-0.4, -0.2) is 5.11 Å². The second-order valence-electron chi connectivity index (χ2n) is 4.49. The average Bonchev–Trinajstić information content (AvgIpc) is 2.42. The maximum atomic E-state index is 13.5. The van der Waals surface area contributed by atoms with E-state index in [4.69, 9.17) is 23.2 Å². The lowest BCUT2D eigenvalue weighted by Crippen LogP contribution is -2.19. The lowest BCUT2D eigenvalue weighted by Gasteiger charge is -2.18. The number of aromatic hydroxyl groups is 1. The highest BCUT2D eigenvalue weighted by molar-refractivity contribution is 6.36. The summed E-state index contributed by atoms with van der Waals surface area (Å²) in [5.41, 5.74) is 1.27. The van der Waals surface area contributed by atoms with Crippen molar-refractivity contribution in [2.45, 2.75) is 19.5 Å². The number of phenols is 1. The maximum absolute atomic E-state index is 13.5. The lowest BCUT2D eigenvalue weighted by atomic mass is 10.1. The zero-order valence-electron chi connectivity index (χ0n) is 10.8. The number of para-hydroxylation sites is 1. The van der Waals surface area contributed by atoms with Crippen molar-refractivity contribution in [3.8, 4) is 5.75 Å². The highest BCUT2D eigenvalue weighted by Crippen LogP contribution is 2.32. The van der Waals surface area contributed by atoms with E-state index < -0.39 is 5.82 Å². The third-order valence-corrected chi connectivity index (χ3v) is 3.82. The van der Waals surface area contributed by atoms with E-state index in [0.29, 0.717) is 17.1 Å². The molecular weight excluding hydrogens is 300 g/mol. The first-order valence-corrected chi connectivity index (χ1v) is 6.90. The van der Waals surface area contributed by atoms with Gasteiger partial charge in [-0.2, -0.15) is 0 Å². The molecule has 0 aromatic heterocycles. The normalized spacial score (nSPS) is 12.4. The van der Waals surface area contributed by atoms with Crippen LogP contribution in [0.3, 0.4) is 0 Å². The summed E-state index contributed by atoms with van der Waals surface area (Å²) in [6.07, 6.45) is 0. The topological polar surface area (TPSA) is 32.3 Å².